The number of benzene rings is 7. The maximum Gasteiger partial charge on any atom is 0.164 e. The summed E-state index contributed by atoms with van der Waals surface area (Å²) in [7, 11) is 0. The molecule has 0 radical (unpaired) electrons. The molecule has 0 amide bonds. The van der Waals surface area contributed by atoms with Crippen LogP contribution in [0.15, 0.2) is 182 Å². The molecule has 8 aromatic rings. The molecule has 50 heavy (non-hydrogen) atoms. The predicted octanol–water partition coefficient (Wildman–Crippen LogP) is 11.4. The van der Waals surface area contributed by atoms with E-state index in [2.05, 4.69) is 121 Å². The van der Waals surface area contributed by atoms with Crippen LogP contribution in [0, 0.1) is 11.3 Å². The van der Waals surface area contributed by atoms with E-state index in [0.717, 1.165) is 61.2 Å². The summed E-state index contributed by atoms with van der Waals surface area (Å²) in [5, 5.41) is 9.31. The van der Waals surface area contributed by atoms with Crippen molar-refractivity contribution in [3.63, 3.8) is 0 Å². The lowest BCUT2D eigenvalue weighted by atomic mass is 9.94. The summed E-state index contributed by atoms with van der Waals surface area (Å²) in [6.07, 6.45) is 0. The molecule has 0 saturated carbocycles. The number of hydrogen-bond donors (Lipinski definition) is 0. The van der Waals surface area contributed by atoms with E-state index in [4.69, 9.17) is 15.0 Å². The van der Waals surface area contributed by atoms with Crippen molar-refractivity contribution in [3.05, 3.63) is 188 Å². The van der Waals surface area contributed by atoms with E-state index < -0.39 is 0 Å². The lowest BCUT2D eigenvalue weighted by Crippen LogP contribution is -2.01. The van der Waals surface area contributed by atoms with Crippen LogP contribution >= 0.6 is 0 Å². The van der Waals surface area contributed by atoms with Gasteiger partial charge in [-0.1, -0.05) is 158 Å². The van der Waals surface area contributed by atoms with Gasteiger partial charge in [-0.3, -0.25) is 0 Å². The van der Waals surface area contributed by atoms with Crippen molar-refractivity contribution in [3.8, 4) is 84.7 Å². The van der Waals surface area contributed by atoms with Gasteiger partial charge in [0.1, 0.15) is 0 Å². The highest BCUT2D eigenvalue weighted by Gasteiger charge is 2.17. The Kier molecular flexibility index (Phi) is 8.29. The van der Waals surface area contributed by atoms with E-state index in [1.807, 2.05) is 66.7 Å². The molecule has 1 heterocycles. The van der Waals surface area contributed by atoms with Crippen LogP contribution in [0.3, 0.4) is 0 Å². The topological polar surface area (TPSA) is 62.5 Å². The fraction of sp³-hybridized carbons (Fsp3) is 0. The molecule has 4 nitrogen and oxygen atoms in total. The van der Waals surface area contributed by atoms with Gasteiger partial charge in [0.15, 0.2) is 17.5 Å². The highest BCUT2D eigenvalue weighted by atomic mass is 15.0. The Bertz CT molecular complexity index is 2450. The van der Waals surface area contributed by atoms with Crippen molar-refractivity contribution in [2.45, 2.75) is 0 Å². The second-order valence-corrected chi connectivity index (χ2v) is 12.0. The van der Waals surface area contributed by atoms with Gasteiger partial charge < -0.3 is 0 Å². The lowest BCUT2D eigenvalue weighted by molar-refractivity contribution is 1.07. The van der Waals surface area contributed by atoms with Gasteiger partial charge in [0.05, 0.1) is 11.6 Å². The quantitative estimate of drug-likeness (QED) is 0.174. The third kappa shape index (κ3) is 6.32. The van der Waals surface area contributed by atoms with Crippen LogP contribution in [-0.2, 0) is 0 Å². The second kappa shape index (κ2) is 13.6. The molecular weight excluding hydrogens is 609 g/mol. The molecule has 0 atom stereocenters. The Morgan fingerprint density at radius 2 is 0.720 bits per heavy atom. The van der Waals surface area contributed by atoms with Crippen molar-refractivity contribution in [1.29, 1.82) is 5.26 Å². The maximum absolute atomic E-state index is 9.31. The van der Waals surface area contributed by atoms with E-state index in [1.165, 1.54) is 0 Å². The van der Waals surface area contributed by atoms with Crippen molar-refractivity contribution >= 4 is 0 Å². The minimum absolute atomic E-state index is 0.580. The molecule has 8 rings (SSSR count). The van der Waals surface area contributed by atoms with Gasteiger partial charge >= 0.3 is 0 Å². The Morgan fingerprint density at radius 3 is 1.36 bits per heavy atom. The molecule has 0 aliphatic carbocycles. The fourth-order valence-electron chi connectivity index (χ4n) is 6.18. The summed E-state index contributed by atoms with van der Waals surface area (Å²) >= 11 is 0. The van der Waals surface area contributed by atoms with E-state index in [0.29, 0.717) is 23.0 Å². The summed E-state index contributed by atoms with van der Waals surface area (Å²) < 4.78 is 0. The van der Waals surface area contributed by atoms with Crippen LogP contribution in [0.1, 0.15) is 5.56 Å². The third-order valence-corrected chi connectivity index (χ3v) is 8.81. The summed E-state index contributed by atoms with van der Waals surface area (Å²) in [5.74, 6) is 1.77. The molecule has 0 unspecified atom stereocenters. The highest BCUT2D eigenvalue weighted by molar-refractivity contribution is 5.86. The molecule has 0 aliphatic rings. The lowest BCUT2D eigenvalue weighted by Gasteiger charge is -2.14. The zero-order chi connectivity index (χ0) is 33.7. The van der Waals surface area contributed by atoms with Gasteiger partial charge in [-0.15, -0.1) is 0 Å². The minimum atomic E-state index is 0.580. The van der Waals surface area contributed by atoms with Crippen LogP contribution in [0.4, 0.5) is 0 Å². The number of hydrogen-bond acceptors (Lipinski definition) is 4. The van der Waals surface area contributed by atoms with Crippen LogP contribution in [0.25, 0.3) is 78.7 Å². The van der Waals surface area contributed by atoms with Crippen LogP contribution < -0.4 is 0 Å². The third-order valence-electron chi connectivity index (χ3n) is 8.81. The Labute approximate surface area is 291 Å². The molecule has 0 bridgehead atoms. The minimum Gasteiger partial charge on any atom is -0.208 e. The highest BCUT2D eigenvalue weighted by Crippen LogP contribution is 2.36. The molecule has 0 saturated heterocycles. The maximum atomic E-state index is 9.31. The van der Waals surface area contributed by atoms with Crippen LogP contribution in [0.2, 0.25) is 0 Å². The zero-order valence-corrected chi connectivity index (χ0v) is 27.1. The van der Waals surface area contributed by atoms with E-state index in [9.17, 15) is 5.26 Å². The molecule has 1 aromatic heterocycles. The van der Waals surface area contributed by atoms with E-state index in [1.54, 1.807) is 0 Å². The first kappa shape index (κ1) is 30.4. The molecule has 0 spiro atoms. The van der Waals surface area contributed by atoms with Gasteiger partial charge in [0, 0.05) is 16.7 Å². The smallest absolute Gasteiger partial charge is 0.164 e. The first-order valence-electron chi connectivity index (χ1n) is 16.5. The molecule has 0 aliphatic heterocycles. The largest absolute Gasteiger partial charge is 0.208 e. The van der Waals surface area contributed by atoms with E-state index >= 15 is 0 Å². The number of aromatic nitrogens is 3. The molecule has 4 heteroatoms. The standard InChI is InChI=1S/C46H30N4/c47-31-32-19-21-36(22-20-32)39-17-10-18-41(29-39)45-48-44(38-25-23-35(24-26-38)33-11-4-1-5-12-33)49-46(50-45)43-30-40(34-13-6-2-7-14-34)27-28-42(43)37-15-8-3-9-16-37/h1-30H. The summed E-state index contributed by atoms with van der Waals surface area (Å²) in [6, 6.07) is 64.0. The molecule has 0 fully saturated rings. The SMILES string of the molecule is N#Cc1ccc(-c2cccc(-c3nc(-c4ccc(-c5ccccc5)cc4)nc(-c4cc(-c5ccccc5)ccc4-c4ccccc4)n3)c2)cc1. The van der Waals surface area contributed by atoms with Crippen molar-refractivity contribution in [2.75, 3.05) is 0 Å². The monoisotopic (exact) mass is 638 g/mol. The second-order valence-electron chi connectivity index (χ2n) is 12.0. The van der Waals surface area contributed by atoms with Gasteiger partial charge in [-0.05, 0) is 68.8 Å². The van der Waals surface area contributed by atoms with E-state index in [-0.39, 0.29) is 0 Å². The van der Waals surface area contributed by atoms with Crippen LogP contribution in [0.5, 0.6) is 0 Å². The normalized spacial score (nSPS) is 10.8. The summed E-state index contributed by atoms with van der Waals surface area (Å²) in [6.45, 7) is 0. The molecule has 0 N–H and O–H groups in total. The van der Waals surface area contributed by atoms with Gasteiger partial charge in [0.2, 0.25) is 0 Å². The molecule has 7 aromatic carbocycles. The Hall–Kier alpha value is -6.96. The number of rotatable bonds is 7. The Morgan fingerprint density at radius 1 is 0.300 bits per heavy atom. The fourth-order valence-corrected chi connectivity index (χ4v) is 6.18. The van der Waals surface area contributed by atoms with Gasteiger partial charge in [0.25, 0.3) is 0 Å². The average Bonchev–Trinajstić information content (AvgIpc) is 3.21. The first-order valence-corrected chi connectivity index (χ1v) is 16.5. The molecular formula is C46H30N4. The summed E-state index contributed by atoms with van der Waals surface area (Å²) in [4.78, 5) is 15.4. The van der Waals surface area contributed by atoms with Crippen molar-refractivity contribution in [1.82, 2.24) is 15.0 Å². The van der Waals surface area contributed by atoms with Crippen molar-refractivity contribution in [2.24, 2.45) is 0 Å². The number of nitriles is 1. The molecule has 234 valence electrons. The van der Waals surface area contributed by atoms with Gasteiger partial charge in [-0.2, -0.15) is 5.26 Å². The van der Waals surface area contributed by atoms with Crippen molar-refractivity contribution < 1.29 is 0 Å². The number of nitrogens with zero attached hydrogens (tertiary/aromatic N) is 4. The van der Waals surface area contributed by atoms with Gasteiger partial charge in [-0.25, -0.2) is 15.0 Å². The Balaban J connectivity index is 1.31. The first-order chi connectivity index (χ1) is 24.7. The van der Waals surface area contributed by atoms with Crippen LogP contribution in [-0.4, -0.2) is 15.0 Å². The summed E-state index contributed by atoms with van der Waals surface area (Å²) in [5.41, 5.74) is 12.0. The zero-order valence-electron chi connectivity index (χ0n) is 27.1. The average molecular weight is 639 g/mol. The predicted molar refractivity (Wildman–Crippen MR) is 203 cm³/mol.